The molecule has 0 spiro atoms. The molecule has 0 saturated carbocycles. The number of rotatable bonds is 4. The topological polar surface area (TPSA) is 38.5 Å². The van der Waals surface area contributed by atoms with Crippen molar-refractivity contribution in [2.75, 3.05) is 20.3 Å². The fraction of sp³-hybridized carbons (Fsp3) is 1.00. The summed E-state index contributed by atoms with van der Waals surface area (Å²) >= 11 is 0. The van der Waals surface area contributed by atoms with Gasteiger partial charge in [-0.1, -0.05) is 6.42 Å². The Labute approximate surface area is 87.6 Å². The molecule has 0 aromatic heterocycles. The van der Waals surface area contributed by atoms with Crippen LogP contribution in [0, 0.1) is 0 Å². The lowest BCUT2D eigenvalue weighted by Crippen LogP contribution is -2.50. The summed E-state index contributed by atoms with van der Waals surface area (Å²) in [5.74, 6) is 0. The fourth-order valence-electron chi connectivity index (χ4n) is 2.37. The van der Waals surface area contributed by atoms with E-state index in [1.165, 1.54) is 19.3 Å². The van der Waals surface area contributed by atoms with Crippen molar-refractivity contribution in [3.63, 3.8) is 0 Å². The van der Waals surface area contributed by atoms with Crippen LogP contribution in [0.25, 0.3) is 0 Å². The first-order valence-corrected chi connectivity index (χ1v) is 5.65. The monoisotopic (exact) mass is 200 g/mol. The zero-order valence-corrected chi connectivity index (χ0v) is 9.70. The number of ether oxygens (including phenoxy) is 1. The van der Waals surface area contributed by atoms with Crippen molar-refractivity contribution in [1.29, 1.82) is 0 Å². The molecule has 0 aliphatic carbocycles. The van der Waals surface area contributed by atoms with E-state index in [0.717, 1.165) is 6.54 Å². The summed E-state index contributed by atoms with van der Waals surface area (Å²) < 4.78 is 5.06. The van der Waals surface area contributed by atoms with Crippen molar-refractivity contribution >= 4 is 0 Å². The second-order valence-electron chi connectivity index (χ2n) is 4.54. The summed E-state index contributed by atoms with van der Waals surface area (Å²) in [5, 5.41) is 0. The molecule has 1 aliphatic heterocycles. The molecule has 0 aromatic rings. The van der Waals surface area contributed by atoms with Crippen LogP contribution in [-0.2, 0) is 4.74 Å². The first-order valence-electron chi connectivity index (χ1n) is 5.65. The Hall–Kier alpha value is -0.120. The van der Waals surface area contributed by atoms with E-state index in [9.17, 15) is 0 Å². The zero-order valence-electron chi connectivity index (χ0n) is 9.70. The quantitative estimate of drug-likeness (QED) is 0.741. The molecule has 2 N–H and O–H groups in total. The van der Waals surface area contributed by atoms with Crippen LogP contribution in [0.15, 0.2) is 0 Å². The molecule has 1 rings (SSSR count). The lowest BCUT2D eigenvalue weighted by atomic mass is 9.97. The van der Waals surface area contributed by atoms with Gasteiger partial charge in [-0.3, -0.25) is 4.90 Å². The second-order valence-corrected chi connectivity index (χ2v) is 4.54. The Bertz CT molecular complexity index is 153. The molecule has 1 saturated heterocycles. The highest BCUT2D eigenvalue weighted by molar-refractivity contribution is 4.82. The van der Waals surface area contributed by atoms with Gasteiger partial charge in [0.2, 0.25) is 0 Å². The smallest absolute Gasteiger partial charge is 0.0626 e. The maximum Gasteiger partial charge on any atom is 0.0626 e. The Morgan fingerprint density at radius 3 is 2.43 bits per heavy atom. The molecule has 14 heavy (non-hydrogen) atoms. The first-order chi connectivity index (χ1) is 6.65. The van der Waals surface area contributed by atoms with Crippen LogP contribution in [0.1, 0.15) is 33.1 Å². The minimum atomic E-state index is 0.156. The van der Waals surface area contributed by atoms with Crippen LogP contribution in [0.4, 0.5) is 0 Å². The lowest BCUT2D eigenvalue weighted by Gasteiger charge is -2.40. The summed E-state index contributed by atoms with van der Waals surface area (Å²) in [6.45, 7) is 6.23. The predicted octanol–water partition coefficient (Wildman–Crippen LogP) is 1.22. The second kappa shape index (κ2) is 5.69. The van der Waals surface area contributed by atoms with Crippen molar-refractivity contribution in [3.8, 4) is 0 Å². The molecule has 0 bridgehead atoms. The van der Waals surface area contributed by atoms with E-state index >= 15 is 0 Å². The van der Waals surface area contributed by atoms with Crippen molar-refractivity contribution in [2.24, 2.45) is 5.73 Å². The minimum absolute atomic E-state index is 0.156. The molecule has 3 atom stereocenters. The third-order valence-corrected chi connectivity index (χ3v) is 3.20. The Morgan fingerprint density at radius 1 is 1.36 bits per heavy atom. The van der Waals surface area contributed by atoms with Crippen molar-refractivity contribution < 1.29 is 4.74 Å². The molecule has 0 radical (unpaired) electrons. The van der Waals surface area contributed by atoms with Crippen LogP contribution >= 0.6 is 0 Å². The molecule has 0 aromatic carbocycles. The van der Waals surface area contributed by atoms with Gasteiger partial charge >= 0.3 is 0 Å². The SMILES string of the molecule is COCC(N)CN1[C@H](C)CCC[C@@H]1C. The first kappa shape index (κ1) is 12.0. The van der Waals surface area contributed by atoms with E-state index in [0.29, 0.717) is 18.7 Å². The summed E-state index contributed by atoms with van der Waals surface area (Å²) in [6, 6.07) is 1.52. The van der Waals surface area contributed by atoms with Crippen LogP contribution < -0.4 is 5.73 Å². The Kier molecular flexibility index (Phi) is 4.85. The molecular formula is C11H24N2O. The van der Waals surface area contributed by atoms with E-state index in [4.69, 9.17) is 10.5 Å². The van der Waals surface area contributed by atoms with E-state index < -0.39 is 0 Å². The highest BCUT2D eigenvalue weighted by atomic mass is 16.5. The summed E-state index contributed by atoms with van der Waals surface area (Å²) in [5.41, 5.74) is 5.97. The summed E-state index contributed by atoms with van der Waals surface area (Å²) in [6.07, 6.45) is 3.98. The van der Waals surface area contributed by atoms with Gasteiger partial charge in [-0.05, 0) is 26.7 Å². The Balaban J connectivity index is 2.39. The molecule has 3 heteroatoms. The molecule has 1 fully saturated rings. The molecular weight excluding hydrogens is 176 g/mol. The van der Waals surface area contributed by atoms with Gasteiger partial charge in [-0.15, -0.1) is 0 Å². The average molecular weight is 200 g/mol. The van der Waals surface area contributed by atoms with Gasteiger partial charge in [0.25, 0.3) is 0 Å². The largest absolute Gasteiger partial charge is 0.383 e. The molecule has 0 amide bonds. The third kappa shape index (κ3) is 3.23. The lowest BCUT2D eigenvalue weighted by molar-refractivity contribution is 0.0779. The van der Waals surface area contributed by atoms with Gasteiger partial charge in [-0.2, -0.15) is 0 Å². The number of nitrogens with zero attached hydrogens (tertiary/aromatic N) is 1. The molecule has 1 aliphatic rings. The molecule has 3 nitrogen and oxygen atoms in total. The normalized spacial score (nSPS) is 31.7. The van der Waals surface area contributed by atoms with Gasteiger partial charge in [-0.25, -0.2) is 0 Å². The number of methoxy groups -OCH3 is 1. The maximum atomic E-state index is 5.97. The molecule has 1 heterocycles. The zero-order chi connectivity index (χ0) is 10.6. The Morgan fingerprint density at radius 2 is 1.93 bits per heavy atom. The van der Waals surface area contributed by atoms with Gasteiger partial charge in [0, 0.05) is 31.8 Å². The van der Waals surface area contributed by atoms with E-state index in [-0.39, 0.29) is 6.04 Å². The number of piperidine rings is 1. The van der Waals surface area contributed by atoms with E-state index in [1.54, 1.807) is 7.11 Å². The van der Waals surface area contributed by atoms with Gasteiger partial charge in [0.15, 0.2) is 0 Å². The van der Waals surface area contributed by atoms with Gasteiger partial charge < -0.3 is 10.5 Å². The van der Waals surface area contributed by atoms with Crippen molar-refractivity contribution in [1.82, 2.24) is 4.90 Å². The number of likely N-dealkylation sites (tertiary alicyclic amines) is 1. The van der Waals surface area contributed by atoms with Crippen LogP contribution in [-0.4, -0.2) is 43.3 Å². The standard InChI is InChI=1S/C11H24N2O/c1-9-5-4-6-10(2)13(9)7-11(12)8-14-3/h9-11H,4-8,12H2,1-3H3/t9-,10+,11?. The molecule has 1 unspecified atom stereocenters. The van der Waals surface area contributed by atoms with Crippen LogP contribution in [0.3, 0.4) is 0 Å². The fourth-order valence-corrected chi connectivity index (χ4v) is 2.37. The third-order valence-electron chi connectivity index (χ3n) is 3.20. The van der Waals surface area contributed by atoms with Crippen LogP contribution in [0.2, 0.25) is 0 Å². The highest BCUT2D eigenvalue weighted by Crippen LogP contribution is 2.22. The highest BCUT2D eigenvalue weighted by Gasteiger charge is 2.25. The number of nitrogens with two attached hydrogens (primary N) is 1. The predicted molar refractivity (Wildman–Crippen MR) is 59.3 cm³/mol. The summed E-state index contributed by atoms with van der Waals surface area (Å²) in [7, 11) is 1.71. The number of hydrogen-bond donors (Lipinski definition) is 1. The minimum Gasteiger partial charge on any atom is -0.383 e. The van der Waals surface area contributed by atoms with Gasteiger partial charge in [0.05, 0.1) is 6.61 Å². The van der Waals surface area contributed by atoms with E-state index in [1.807, 2.05) is 0 Å². The maximum absolute atomic E-state index is 5.97. The summed E-state index contributed by atoms with van der Waals surface area (Å²) in [4.78, 5) is 2.52. The van der Waals surface area contributed by atoms with Crippen molar-refractivity contribution in [2.45, 2.75) is 51.2 Å². The van der Waals surface area contributed by atoms with E-state index in [2.05, 4.69) is 18.7 Å². The molecule has 84 valence electrons. The van der Waals surface area contributed by atoms with Crippen molar-refractivity contribution in [3.05, 3.63) is 0 Å². The van der Waals surface area contributed by atoms with Crippen LogP contribution in [0.5, 0.6) is 0 Å². The number of hydrogen-bond acceptors (Lipinski definition) is 3. The average Bonchev–Trinajstić information content (AvgIpc) is 2.12. The van der Waals surface area contributed by atoms with Gasteiger partial charge in [0.1, 0.15) is 0 Å².